The first-order chi connectivity index (χ1) is 14.7. The Morgan fingerprint density at radius 3 is 2.56 bits per heavy atom. The van der Waals surface area contributed by atoms with Crippen LogP contribution in [0.15, 0.2) is 24.5 Å². The first-order valence-electron chi connectivity index (χ1n) is 9.55. The molecule has 0 radical (unpaired) electrons. The second-order valence-corrected chi connectivity index (χ2v) is 8.56. The molecule has 3 aromatic rings. The number of aromatic nitrogens is 2. The van der Waals surface area contributed by atoms with Crippen LogP contribution in [-0.2, 0) is 11.2 Å². The summed E-state index contributed by atoms with van der Waals surface area (Å²) in [5.41, 5.74) is 2.40. The van der Waals surface area contributed by atoms with E-state index in [0.29, 0.717) is 32.4 Å². The Hall–Kier alpha value is -2.53. The average Bonchev–Trinajstić information content (AvgIpc) is 3.08. The molecule has 1 aliphatic rings. The molecule has 0 spiro atoms. The van der Waals surface area contributed by atoms with Gasteiger partial charge in [0.2, 0.25) is 0 Å². The molecule has 0 aromatic carbocycles. The summed E-state index contributed by atoms with van der Waals surface area (Å²) >= 11 is 0.956. The predicted octanol–water partition coefficient (Wildman–Crippen LogP) is 0.410. The topological polar surface area (TPSA) is 116 Å². The van der Waals surface area contributed by atoms with Crippen LogP contribution in [0.5, 0.6) is 0 Å². The number of nitrogens with zero attached hydrogens (tertiary/aromatic N) is 4. The molecule has 11 heteroatoms. The molecule has 3 aromatic heterocycles. The second-order valence-electron chi connectivity index (χ2n) is 7.56. The van der Waals surface area contributed by atoms with Gasteiger partial charge in [0.15, 0.2) is 0 Å². The second kappa shape index (κ2) is 9.14. The Kier molecular flexibility index (Phi) is 6.89. The van der Waals surface area contributed by atoms with E-state index in [2.05, 4.69) is 23.8 Å². The summed E-state index contributed by atoms with van der Waals surface area (Å²) in [6.45, 7) is 6.00. The number of ether oxygens (including phenoxy) is 1. The Balaban J connectivity index is 0.00000289. The first kappa shape index (κ1) is 24.1. The molecule has 0 saturated heterocycles. The van der Waals surface area contributed by atoms with Gasteiger partial charge < -0.3 is 14.6 Å². The number of carboxylic acid groups (broad SMARTS) is 1. The molecule has 0 fully saturated rings. The molecule has 3 amide bonds. The summed E-state index contributed by atoms with van der Waals surface area (Å²) < 4.78 is 4.78. The molecular weight excluding hydrogens is 443 g/mol. The molecule has 0 atom stereocenters. The normalized spacial score (nSPS) is 12.8. The molecule has 0 unspecified atom stereocenters. The van der Waals surface area contributed by atoms with Crippen LogP contribution < -0.4 is 44.5 Å². The van der Waals surface area contributed by atoms with Gasteiger partial charge in [-0.2, -0.15) is 0 Å². The van der Waals surface area contributed by atoms with Crippen molar-refractivity contribution >= 4 is 56.7 Å². The van der Waals surface area contributed by atoms with Gasteiger partial charge in [-0.15, -0.1) is 11.3 Å². The molecule has 160 valence electrons. The molecule has 1 aliphatic heterocycles. The number of amides is 3. The van der Waals surface area contributed by atoms with E-state index in [-0.39, 0.29) is 40.1 Å². The quantitative estimate of drug-likeness (QED) is 0.407. The molecule has 4 rings (SSSR count). The fourth-order valence-electron chi connectivity index (χ4n) is 3.69. The number of imide groups is 1. The van der Waals surface area contributed by atoms with E-state index in [1.165, 1.54) is 18.2 Å². The minimum Gasteiger partial charge on any atom is -0.529 e. The van der Waals surface area contributed by atoms with Gasteiger partial charge >= 0.3 is 41.6 Å². The van der Waals surface area contributed by atoms with E-state index >= 15 is 0 Å². The Labute approximate surface area is 210 Å². The van der Waals surface area contributed by atoms with Gasteiger partial charge in [-0.25, -0.2) is 19.5 Å². The zero-order chi connectivity index (χ0) is 22.4. The third-order valence-electron chi connectivity index (χ3n) is 4.94. The fraction of sp³-hybridized carbons (Fsp3) is 0.286. The maximum Gasteiger partial charge on any atom is 1.00 e. The maximum absolute atomic E-state index is 13.4. The number of carbonyl (C=O) groups excluding carboxylic acids is 3. The molecule has 0 aliphatic carbocycles. The number of rotatable bonds is 4. The van der Waals surface area contributed by atoms with Gasteiger partial charge in [0.1, 0.15) is 15.8 Å². The van der Waals surface area contributed by atoms with E-state index in [4.69, 9.17) is 4.74 Å². The first-order valence-corrected chi connectivity index (χ1v) is 10.4. The Morgan fingerprint density at radius 1 is 1.25 bits per heavy atom. The van der Waals surface area contributed by atoms with Crippen molar-refractivity contribution in [3.05, 3.63) is 40.7 Å². The number of thiophene rings is 1. The van der Waals surface area contributed by atoms with Crippen molar-refractivity contribution in [2.45, 2.75) is 27.2 Å². The van der Waals surface area contributed by atoms with Crippen molar-refractivity contribution in [2.75, 3.05) is 16.9 Å². The van der Waals surface area contributed by atoms with Gasteiger partial charge in [-0.05, 0) is 37.0 Å². The smallest absolute Gasteiger partial charge is 0.529 e. The van der Waals surface area contributed by atoms with Crippen LogP contribution in [0.2, 0.25) is 0 Å². The van der Waals surface area contributed by atoms with Crippen LogP contribution in [0.1, 0.15) is 34.8 Å². The zero-order valence-electron chi connectivity index (χ0n) is 18.3. The third kappa shape index (κ3) is 3.88. The van der Waals surface area contributed by atoms with Gasteiger partial charge in [0, 0.05) is 11.9 Å². The minimum atomic E-state index is -1.75. The van der Waals surface area contributed by atoms with E-state index in [1.807, 2.05) is 13.0 Å². The van der Waals surface area contributed by atoms with Crippen LogP contribution in [-0.4, -0.2) is 35.2 Å². The van der Waals surface area contributed by atoms with Crippen LogP contribution in [0.3, 0.4) is 0 Å². The number of methoxy groups -OCH3 is 1. The van der Waals surface area contributed by atoms with Crippen molar-refractivity contribution in [3.63, 3.8) is 0 Å². The average molecular weight is 462 g/mol. The predicted molar refractivity (Wildman–Crippen MR) is 114 cm³/mol. The number of pyridine rings is 2. The van der Waals surface area contributed by atoms with Crippen LogP contribution in [0, 0.1) is 12.8 Å². The molecule has 4 heterocycles. The van der Waals surface area contributed by atoms with Gasteiger partial charge in [0.25, 0.3) is 0 Å². The molecule has 0 N–H and O–H groups in total. The maximum atomic E-state index is 13.4. The number of esters is 1. The molecule has 9 nitrogen and oxygen atoms in total. The number of aryl methyl sites for hydroxylation is 1. The summed E-state index contributed by atoms with van der Waals surface area (Å²) in [5.74, 6) is -0.347. The number of carbonyl (C=O) groups is 3. The van der Waals surface area contributed by atoms with E-state index in [1.54, 1.807) is 12.3 Å². The van der Waals surface area contributed by atoms with Crippen LogP contribution in [0.4, 0.5) is 26.7 Å². The largest absolute Gasteiger partial charge is 1.00 e. The number of urea groups is 1. The third-order valence-corrected chi connectivity index (χ3v) is 6.01. The minimum absolute atomic E-state index is 0. The molecule has 0 bridgehead atoms. The Bertz CT molecular complexity index is 1240. The van der Waals surface area contributed by atoms with Crippen LogP contribution >= 0.6 is 11.3 Å². The van der Waals surface area contributed by atoms with Gasteiger partial charge in [0.05, 0.1) is 35.8 Å². The molecule has 0 saturated carbocycles. The SMILES string of the molecule is COC(=O)c1sc2nccc3c2c1N(C(=O)[O-])C(=O)N3c1cnc(CC(C)C)cc1C.[Na+]. The van der Waals surface area contributed by atoms with Crippen molar-refractivity contribution in [2.24, 2.45) is 5.92 Å². The van der Waals surface area contributed by atoms with Gasteiger partial charge in [-0.1, -0.05) is 13.8 Å². The van der Waals surface area contributed by atoms with E-state index < -0.39 is 18.1 Å². The zero-order valence-corrected chi connectivity index (χ0v) is 21.1. The van der Waals surface area contributed by atoms with E-state index in [0.717, 1.165) is 29.0 Å². The van der Waals surface area contributed by atoms with E-state index in [9.17, 15) is 19.5 Å². The monoisotopic (exact) mass is 462 g/mol. The standard InChI is InChI=1S/C21H20N4O5S.Na/c1-10(2)7-12-8-11(3)14(9-23-12)24-13-5-6-22-18-15(13)16(17(31-18)19(26)30-4)25(20(24)27)21(28)29;/h5-6,8-10H,7H2,1-4H3,(H,28,29);/q;+1/p-1. The Morgan fingerprint density at radius 2 is 1.97 bits per heavy atom. The summed E-state index contributed by atoms with van der Waals surface area (Å²) in [7, 11) is 1.18. The molecular formula is C21H19N4NaO5S. The van der Waals surface area contributed by atoms with Crippen LogP contribution in [0.25, 0.3) is 10.2 Å². The molecule has 32 heavy (non-hydrogen) atoms. The number of hydrogen-bond donors (Lipinski definition) is 0. The van der Waals surface area contributed by atoms with Gasteiger partial charge in [-0.3, -0.25) is 9.88 Å². The number of anilines is 3. The van der Waals surface area contributed by atoms with Crippen molar-refractivity contribution in [1.82, 2.24) is 9.97 Å². The fourth-order valence-corrected chi connectivity index (χ4v) is 4.76. The van der Waals surface area contributed by atoms with Crippen molar-refractivity contribution in [1.29, 1.82) is 0 Å². The number of hydrogen-bond acceptors (Lipinski definition) is 8. The summed E-state index contributed by atoms with van der Waals surface area (Å²) in [6.07, 6.45) is 2.08. The summed E-state index contributed by atoms with van der Waals surface area (Å²) in [6, 6.07) is 2.60. The summed E-state index contributed by atoms with van der Waals surface area (Å²) in [4.78, 5) is 48.5. The summed E-state index contributed by atoms with van der Waals surface area (Å²) in [5, 5.41) is 12.4. The van der Waals surface area contributed by atoms with Crippen molar-refractivity contribution in [3.8, 4) is 0 Å². The van der Waals surface area contributed by atoms with Crippen molar-refractivity contribution < 1.29 is 53.8 Å².